The van der Waals surface area contributed by atoms with Crippen molar-refractivity contribution < 1.29 is 14.2 Å². The summed E-state index contributed by atoms with van der Waals surface area (Å²) >= 11 is 0. The highest BCUT2D eigenvalue weighted by Gasteiger charge is 2.31. The first-order chi connectivity index (χ1) is 15.1. The Morgan fingerprint density at radius 3 is 2.74 bits per heavy atom. The van der Waals surface area contributed by atoms with Gasteiger partial charge in [-0.15, -0.1) is 0 Å². The molecule has 3 rings (SSSR count). The third-order valence-electron chi connectivity index (χ3n) is 5.81. The number of hydrogen-bond acceptors (Lipinski definition) is 4. The third-order valence-corrected chi connectivity index (χ3v) is 5.81. The predicted octanol–water partition coefficient (Wildman–Crippen LogP) is 4.40. The number of ether oxygens (including phenoxy) is 1. The van der Waals surface area contributed by atoms with Crippen LogP contribution in [0.15, 0.2) is 47.7 Å². The van der Waals surface area contributed by atoms with Gasteiger partial charge in [-0.05, 0) is 61.4 Å². The number of aliphatic hydroxyl groups excluding tert-OH is 1. The fourth-order valence-electron chi connectivity index (χ4n) is 4.10. The molecule has 7 heteroatoms. The Labute approximate surface area is 184 Å². The maximum atomic E-state index is 14.5. The Balaban J connectivity index is 1.62. The highest BCUT2D eigenvalue weighted by Crippen LogP contribution is 2.38. The van der Waals surface area contributed by atoms with E-state index in [1.807, 2.05) is 13.0 Å². The minimum Gasteiger partial charge on any atom is -0.453 e. The number of aliphatic hydroxyl groups is 1. The molecule has 0 atom stereocenters. The number of nitrogens with zero attached hydrogens (tertiary/aromatic N) is 2. The van der Waals surface area contributed by atoms with Gasteiger partial charge in [0.05, 0.1) is 12.7 Å². The van der Waals surface area contributed by atoms with Crippen molar-refractivity contribution in [2.45, 2.75) is 52.0 Å². The summed E-state index contributed by atoms with van der Waals surface area (Å²) in [6, 6.07) is 8.35. The number of halogens is 1. The fourth-order valence-corrected chi connectivity index (χ4v) is 4.10. The molecule has 0 saturated heterocycles. The Morgan fingerprint density at radius 1 is 1.23 bits per heavy atom. The van der Waals surface area contributed by atoms with Gasteiger partial charge in [-0.1, -0.05) is 25.3 Å². The van der Waals surface area contributed by atoms with E-state index >= 15 is 0 Å². The minimum atomic E-state index is -0.432. The van der Waals surface area contributed by atoms with Crippen molar-refractivity contribution in [3.63, 3.8) is 0 Å². The standard InChI is InChI=1S/C24H33FN4O2/c1-2-27-23(29-18-24(12-14-30)10-4-3-5-11-24)28-16-19-8-9-22(21(25)15-19)31-20-7-6-13-26-17-20/h6-9,13,15,17,30H,2-5,10-12,14,16,18H2,1H3,(H2,27,28,29). The Hall–Kier alpha value is -2.67. The second-order valence-electron chi connectivity index (χ2n) is 8.14. The molecule has 2 aromatic rings. The van der Waals surface area contributed by atoms with E-state index in [-0.39, 0.29) is 17.8 Å². The van der Waals surface area contributed by atoms with Crippen LogP contribution in [0.5, 0.6) is 11.5 Å². The number of aliphatic imine (C=N–C) groups is 1. The van der Waals surface area contributed by atoms with Crippen LogP contribution in [0.1, 0.15) is 51.0 Å². The molecule has 1 aliphatic carbocycles. The van der Waals surface area contributed by atoms with Crippen LogP contribution in [-0.4, -0.2) is 35.7 Å². The van der Waals surface area contributed by atoms with Gasteiger partial charge in [-0.3, -0.25) is 4.98 Å². The summed E-state index contributed by atoms with van der Waals surface area (Å²) in [4.78, 5) is 8.60. The lowest BCUT2D eigenvalue weighted by molar-refractivity contribution is 0.131. The lowest BCUT2D eigenvalue weighted by Crippen LogP contribution is -2.44. The number of hydrogen-bond donors (Lipinski definition) is 3. The highest BCUT2D eigenvalue weighted by atomic mass is 19.1. The molecule has 0 bridgehead atoms. The van der Waals surface area contributed by atoms with Crippen molar-refractivity contribution in [3.05, 3.63) is 54.1 Å². The molecule has 6 nitrogen and oxygen atoms in total. The number of guanidine groups is 1. The quantitative estimate of drug-likeness (QED) is 0.408. The van der Waals surface area contributed by atoms with E-state index in [1.54, 1.807) is 30.6 Å². The van der Waals surface area contributed by atoms with Gasteiger partial charge < -0.3 is 20.5 Å². The molecule has 1 aliphatic rings. The molecule has 0 amide bonds. The van der Waals surface area contributed by atoms with Gasteiger partial charge in [0.2, 0.25) is 0 Å². The van der Waals surface area contributed by atoms with Gasteiger partial charge in [0, 0.05) is 25.9 Å². The molecule has 31 heavy (non-hydrogen) atoms. The van der Waals surface area contributed by atoms with Gasteiger partial charge in [0.25, 0.3) is 0 Å². The van der Waals surface area contributed by atoms with Crippen molar-refractivity contribution in [1.82, 2.24) is 15.6 Å². The second-order valence-corrected chi connectivity index (χ2v) is 8.14. The summed E-state index contributed by atoms with van der Waals surface area (Å²) in [5.41, 5.74) is 0.886. The molecule has 0 unspecified atom stereocenters. The number of pyridine rings is 1. The van der Waals surface area contributed by atoms with Gasteiger partial charge in [-0.25, -0.2) is 9.38 Å². The zero-order chi connectivity index (χ0) is 21.9. The number of aromatic nitrogens is 1. The fraction of sp³-hybridized carbons (Fsp3) is 0.500. The van der Waals surface area contributed by atoms with E-state index in [1.165, 1.54) is 25.3 Å². The van der Waals surface area contributed by atoms with Crippen LogP contribution in [0.3, 0.4) is 0 Å². The topological polar surface area (TPSA) is 78.8 Å². The molecule has 1 aromatic heterocycles. The summed E-state index contributed by atoms with van der Waals surface area (Å²) in [5.74, 6) is 0.930. The number of benzene rings is 1. The summed E-state index contributed by atoms with van der Waals surface area (Å²) in [5, 5.41) is 16.2. The first kappa shape index (κ1) is 23.0. The molecular weight excluding hydrogens is 395 g/mol. The smallest absolute Gasteiger partial charge is 0.191 e. The molecule has 3 N–H and O–H groups in total. The average Bonchev–Trinajstić information content (AvgIpc) is 2.79. The van der Waals surface area contributed by atoms with E-state index in [4.69, 9.17) is 4.74 Å². The normalized spacial score (nSPS) is 16.0. The largest absolute Gasteiger partial charge is 0.453 e. The maximum absolute atomic E-state index is 14.5. The summed E-state index contributed by atoms with van der Waals surface area (Å²) in [6.07, 6.45) is 9.94. The molecule has 1 fully saturated rings. The van der Waals surface area contributed by atoms with Gasteiger partial charge in [-0.2, -0.15) is 0 Å². The monoisotopic (exact) mass is 428 g/mol. The lowest BCUT2D eigenvalue weighted by Gasteiger charge is -2.37. The molecule has 0 aliphatic heterocycles. The van der Waals surface area contributed by atoms with Crippen LogP contribution in [0, 0.1) is 11.2 Å². The molecule has 1 aromatic carbocycles. The van der Waals surface area contributed by atoms with Crippen molar-refractivity contribution >= 4 is 5.96 Å². The zero-order valence-electron chi connectivity index (χ0n) is 18.2. The van der Waals surface area contributed by atoms with E-state index in [9.17, 15) is 9.50 Å². The molecule has 1 saturated carbocycles. The van der Waals surface area contributed by atoms with Crippen molar-refractivity contribution in [1.29, 1.82) is 0 Å². The van der Waals surface area contributed by atoms with Crippen molar-refractivity contribution in [2.24, 2.45) is 10.4 Å². The third kappa shape index (κ3) is 6.92. The first-order valence-electron chi connectivity index (χ1n) is 11.1. The van der Waals surface area contributed by atoms with Crippen LogP contribution in [0.25, 0.3) is 0 Å². The molecular formula is C24H33FN4O2. The molecule has 1 heterocycles. The molecule has 0 radical (unpaired) electrons. The van der Waals surface area contributed by atoms with Crippen LogP contribution < -0.4 is 15.4 Å². The van der Waals surface area contributed by atoms with Crippen LogP contribution in [0.2, 0.25) is 0 Å². The highest BCUT2D eigenvalue weighted by molar-refractivity contribution is 5.79. The summed E-state index contributed by atoms with van der Waals surface area (Å²) in [6.45, 7) is 4.11. The Kier molecular flexibility index (Phi) is 8.64. The summed E-state index contributed by atoms with van der Waals surface area (Å²) < 4.78 is 20.0. The van der Waals surface area contributed by atoms with E-state index in [0.717, 1.165) is 37.9 Å². The molecule has 168 valence electrons. The maximum Gasteiger partial charge on any atom is 0.191 e. The van der Waals surface area contributed by atoms with E-state index in [2.05, 4.69) is 20.6 Å². The van der Waals surface area contributed by atoms with E-state index < -0.39 is 5.82 Å². The van der Waals surface area contributed by atoms with Gasteiger partial charge in [0.1, 0.15) is 5.75 Å². The van der Waals surface area contributed by atoms with Crippen LogP contribution in [-0.2, 0) is 6.54 Å². The zero-order valence-corrected chi connectivity index (χ0v) is 18.2. The molecule has 0 spiro atoms. The second kappa shape index (κ2) is 11.6. The SMILES string of the molecule is CCNC(=NCc1ccc(Oc2cccnc2)c(F)c1)NCC1(CCO)CCCCC1. The summed E-state index contributed by atoms with van der Waals surface area (Å²) in [7, 11) is 0. The van der Waals surface area contributed by atoms with Gasteiger partial charge in [0.15, 0.2) is 17.5 Å². The van der Waals surface area contributed by atoms with Gasteiger partial charge >= 0.3 is 0 Å². The Morgan fingerprint density at radius 2 is 2.06 bits per heavy atom. The minimum absolute atomic E-state index is 0.126. The van der Waals surface area contributed by atoms with Crippen LogP contribution in [0.4, 0.5) is 4.39 Å². The van der Waals surface area contributed by atoms with Crippen molar-refractivity contribution in [2.75, 3.05) is 19.7 Å². The number of nitrogens with one attached hydrogen (secondary N) is 2. The van der Waals surface area contributed by atoms with Crippen molar-refractivity contribution in [3.8, 4) is 11.5 Å². The van der Waals surface area contributed by atoms with E-state index in [0.29, 0.717) is 18.3 Å². The predicted molar refractivity (Wildman–Crippen MR) is 121 cm³/mol. The van der Waals surface area contributed by atoms with Crippen LogP contribution >= 0.6 is 0 Å². The number of rotatable bonds is 9. The first-order valence-corrected chi connectivity index (χ1v) is 11.1. The lowest BCUT2D eigenvalue weighted by atomic mass is 9.72. The average molecular weight is 429 g/mol. The Bertz CT molecular complexity index is 833.